The smallest absolute Gasteiger partial charge is 0.393 e. The maximum absolute atomic E-state index is 12.9. The SMILES string of the molecule is O=C1CC[C@H](CCCCCCc2nn[nH]n2)N1CCC(O)Cc1cccc(C(F)(F)F)c1. The van der Waals surface area contributed by atoms with E-state index in [0.29, 0.717) is 24.9 Å². The number of likely N-dealkylation sites (tertiary alicyclic amines) is 1. The molecule has 1 saturated heterocycles. The van der Waals surface area contributed by atoms with Crippen LogP contribution in [0.15, 0.2) is 24.3 Å². The number of tetrazole rings is 1. The molecule has 2 atom stereocenters. The number of nitrogens with zero attached hydrogens (tertiary/aromatic N) is 4. The lowest BCUT2D eigenvalue weighted by molar-refractivity contribution is -0.137. The van der Waals surface area contributed by atoms with Crippen LogP contribution in [0.3, 0.4) is 0 Å². The van der Waals surface area contributed by atoms with Gasteiger partial charge in [0.1, 0.15) is 0 Å². The van der Waals surface area contributed by atoms with Gasteiger partial charge in [0.2, 0.25) is 5.91 Å². The monoisotopic (exact) mass is 453 g/mol. The highest BCUT2D eigenvalue weighted by molar-refractivity contribution is 5.78. The normalized spacial score (nSPS) is 17.8. The van der Waals surface area contributed by atoms with Crippen LogP contribution in [0, 0.1) is 0 Å². The van der Waals surface area contributed by atoms with E-state index in [0.717, 1.165) is 62.9 Å². The Bertz CT molecular complexity index is 844. The summed E-state index contributed by atoms with van der Waals surface area (Å²) in [5, 5.41) is 24.2. The summed E-state index contributed by atoms with van der Waals surface area (Å²) in [6.07, 6.45) is 2.51. The Morgan fingerprint density at radius 1 is 1.22 bits per heavy atom. The van der Waals surface area contributed by atoms with E-state index in [2.05, 4.69) is 20.6 Å². The predicted octanol–water partition coefficient (Wildman–Crippen LogP) is 3.70. The number of aromatic nitrogens is 4. The van der Waals surface area contributed by atoms with Crippen molar-refractivity contribution < 1.29 is 23.1 Å². The van der Waals surface area contributed by atoms with Crippen molar-refractivity contribution in [1.29, 1.82) is 0 Å². The molecule has 1 unspecified atom stereocenters. The minimum atomic E-state index is -4.40. The van der Waals surface area contributed by atoms with Crippen LogP contribution in [-0.4, -0.2) is 55.2 Å². The summed E-state index contributed by atoms with van der Waals surface area (Å²) in [5.74, 6) is 0.819. The Morgan fingerprint density at radius 3 is 2.78 bits per heavy atom. The fraction of sp³-hybridized carbons (Fsp3) is 0.636. The standard InChI is InChI=1S/C22H30F3N5O2/c23-22(24,25)17-7-5-6-16(14-17)15-19(31)12-13-30-18(10-11-21(30)32)8-3-1-2-4-9-20-26-28-29-27-20/h5-7,14,18-19,31H,1-4,8-13,15H2,(H,26,27,28,29)/t18-,19?/m0/s1. The summed E-state index contributed by atoms with van der Waals surface area (Å²) >= 11 is 0. The van der Waals surface area contributed by atoms with E-state index < -0.39 is 17.8 Å². The number of hydrogen-bond donors (Lipinski definition) is 2. The number of aliphatic hydroxyl groups excluding tert-OH is 1. The van der Waals surface area contributed by atoms with Crippen molar-refractivity contribution in [1.82, 2.24) is 25.5 Å². The van der Waals surface area contributed by atoms with Gasteiger partial charge in [-0.05, 0) is 43.7 Å². The molecule has 10 heteroatoms. The molecule has 0 radical (unpaired) electrons. The molecule has 0 saturated carbocycles. The van der Waals surface area contributed by atoms with Crippen LogP contribution in [0.25, 0.3) is 0 Å². The molecule has 0 spiro atoms. The third-order valence-corrected chi connectivity index (χ3v) is 5.96. The van der Waals surface area contributed by atoms with E-state index in [1.165, 1.54) is 6.07 Å². The Morgan fingerprint density at radius 2 is 2.03 bits per heavy atom. The zero-order valence-corrected chi connectivity index (χ0v) is 18.0. The number of carbonyl (C=O) groups excluding carboxylic acids is 1. The number of aromatic amines is 1. The molecule has 2 aromatic rings. The first-order valence-corrected chi connectivity index (χ1v) is 11.2. The van der Waals surface area contributed by atoms with Gasteiger partial charge in [-0.3, -0.25) is 4.79 Å². The number of unbranched alkanes of at least 4 members (excludes halogenated alkanes) is 3. The molecule has 1 amide bonds. The first-order chi connectivity index (χ1) is 15.3. The Labute approximate surface area is 185 Å². The van der Waals surface area contributed by atoms with Crippen LogP contribution in [0.4, 0.5) is 13.2 Å². The molecule has 1 aromatic heterocycles. The number of benzene rings is 1. The topological polar surface area (TPSA) is 95.0 Å². The third kappa shape index (κ3) is 7.29. The highest BCUT2D eigenvalue weighted by atomic mass is 19.4. The second kappa shape index (κ2) is 11.4. The summed E-state index contributed by atoms with van der Waals surface area (Å²) in [5.41, 5.74) is -0.272. The highest BCUT2D eigenvalue weighted by Crippen LogP contribution is 2.30. The number of nitrogens with one attached hydrogen (secondary N) is 1. The van der Waals surface area contributed by atoms with Crippen LogP contribution in [-0.2, 0) is 23.8 Å². The first kappa shape index (κ1) is 24.2. The number of halogens is 3. The maximum atomic E-state index is 12.9. The van der Waals surface area contributed by atoms with Crippen LogP contribution >= 0.6 is 0 Å². The van der Waals surface area contributed by atoms with Gasteiger partial charge in [-0.2, -0.15) is 18.4 Å². The lowest BCUT2D eigenvalue weighted by atomic mass is 10.0. The second-order valence-electron chi connectivity index (χ2n) is 8.41. The summed E-state index contributed by atoms with van der Waals surface area (Å²) in [7, 11) is 0. The number of carbonyl (C=O) groups is 1. The van der Waals surface area contributed by atoms with Gasteiger partial charge in [0.15, 0.2) is 5.82 Å². The zero-order valence-electron chi connectivity index (χ0n) is 18.0. The molecular weight excluding hydrogens is 423 g/mol. The van der Waals surface area contributed by atoms with Crippen LogP contribution in [0.5, 0.6) is 0 Å². The summed E-state index contributed by atoms with van der Waals surface area (Å²) in [6, 6.07) is 5.22. The van der Waals surface area contributed by atoms with Crippen LogP contribution < -0.4 is 0 Å². The minimum absolute atomic E-state index is 0.0957. The van der Waals surface area contributed by atoms with Gasteiger partial charge < -0.3 is 10.0 Å². The lowest BCUT2D eigenvalue weighted by Gasteiger charge is -2.26. The highest BCUT2D eigenvalue weighted by Gasteiger charge is 2.31. The van der Waals surface area contributed by atoms with Crippen molar-refractivity contribution in [2.24, 2.45) is 0 Å². The van der Waals surface area contributed by atoms with Crippen molar-refractivity contribution in [2.75, 3.05) is 6.54 Å². The summed E-state index contributed by atoms with van der Waals surface area (Å²) in [6.45, 7) is 0.432. The first-order valence-electron chi connectivity index (χ1n) is 11.2. The average molecular weight is 454 g/mol. The average Bonchev–Trinajstić information content (AvgIpc) is 3.38. The Balaban J connectivity index is 1.37. The van der Waals surface area contributed by atoms with Crippen molar-refractivity contribution in [3.63, 3.8) is 0 Å². The van der Waals surface area contributed by atoms with Crippen molar-refractivity contribution in [3.05, 3.63) is 41.2 Å². The van der Waals surface area contributed by atoms with Crippen molar-refractivity contribution >= 4 is 5.91 Å². The quantitative estimate of drug-likeness (QED) is 0.478. The molecule has 2 heterocycles. The molecule has 1 aliphatic heterocycles. The maximum Gasteiger partial charge on any atom is 0.416 e. The van der Waals surface area contributed by atoms with Gasteiger partial charge in [-0.15, -0.1) is 10.2 Å². The van der Waals surface area contributed by atoms with Crippen molar-refractivity contribution in [3.8, 4) is 0 Å². The van der Waals surface area contributed by atoms with E-state index in [-0.39, 0.29) is 18.4 Å². The van der Waals surface area contributed by atoms with E-state index in [4.69, 9.17) is 0 Å². The molecule has 1 aliphatic rings. The van der Waals surface area contributed by atoms with Gasteiger partial charge in [0.25, 0.3) is 0 Å². The number of rotatable bonds is 12. The molecule has 0 bridgehead atoms. The summed E-state index contributed by atoms with van der Waals surface area (Å²) in [4.78, 5) is 14.1. The zero-order chi connectivity index (χ0) is 23.0. The molecule has 1 aromatic carbocycles. The lowest BCUT2D eigenvalue weighted by Crippen LogP contribution is -2.35. The number of amides is 1. The number of hydrogen-bond acceptors (Lipinski definition) is 5. The number of aliphatic hydroxyl groups is 1. The van der Waals surface area contributed by atoms with E-state index in [9.17, 15) is 23.1 Å². The van der Waals surface area contributed by atoms with Gasteiger partial charge in [-0.1, -0.05) is 42.7 Å². The van der Waals surface area contributed by atoms with Crippen LogP contribution in [0.2, 0.25) is 0 Å². The van der Waals surface area contributed by atoms with Gasteiger partial charge in [0, 0.05) is 25.4 Å². The Hall–Kier alpha value is -2.49. The van der Waals surface area contributed by atoms with E-state index >= 15 is 0 Å². The molecule has 3 rings (SSSR count). The predicted molar refractivity (Wildman–Crippen MR) is 111 cm³/mol. The molecule has 1 fully saturated rings. The molecule has 176 valence electrons. The van der Waals surface area contributed by atoms with Gasteiger partial charge in [-0.25, -0.2) is 0 Å². The molecule has 2 N–H and O–H groups in total. The second-order valence-corrected chi connectivity index (χ2v) is 8.41. The van der Waals surface area contributed by atoms with Gasteiger partial charge >= 0.3 is 6.18 Å². The van der Waals surface area contributed by atoms with Gasteiger partial charge in [0.05, 0.1) is 11.7 Å². The van der Waals surface area contributed by atoms with Crippen LogP contribution in [0.1, 0.15) is 68.3 Å². The number of H-pyrrole nitrogens is 1. The molecule has 7 nitrogen and oxygen atoms in total. The molecule has 0 aliphatic carbocycles. The fourth-order valence-electron chi connectivity index (χ4n) is 4.24. The number of aryl methyl sites for hydroxylation is 1. The molecule has 32 heavy (non-hydrogen) atoms. The number of alkyl halides is 3. The third-order valence-electron chi connectivity index (χ3n) is 5.96. The minimum Gasteiger partial charge on any atom is -0.393 e. The van der Waals surface area contributed by atoms with E-state index in [1.807, 2.05) is 4.90 Å². The largest absolute Gasteiger partial charge is 0.416 e. The van der Waals surface area contributed by atoms with Crippen molar-refractivity contribution in [2.45, 2.75) is 82.5 Å². The fourth-order valence-corrected chi connectivity index (χ4v) is 4.24. The van der Waals surface area contributed by atoms with E-state index in [1.54, 1.807) is 6.07 Å². The molecular formula is C22H30F3N5O2. The Kier molecular flexibility index (Phi) is 8.60. The summed E-state index contributed by atoms with van der Waals surface area (Å²) < 4.78 is 38.6.